The third kappa shape index (κ3) is 2.99. The second-order valence-electron chi connectivity index (χ2n) is 5.13. The summed E-state index contributed by atoms with van der Waals surface area (Å²) in [6.07, 6.45) is 5.25. The molecule has 21 heavy (non-hydrogen) atoms. The highest BCUT2D eigenvalue weighted by Crippen LogP contribution is 2.29. The van der Waals surface area contributed by atoms with Crippen molar-refractivity contribution in [2.75, 3.05) is 11.1 Å². The van der Waals surface area contributed by atoms with Gasteiger partial charge in [-0.2, -0.15) is 5.10 Å². The minimum absolute atomic E-state index is 0.201. The van der Waals surface area contributed by atoms with Gasteiger partial charge in [-0.1, -0.05) is 11.3 Å². The molecule has 0 aromatic carbocycles. The molecule has 0 saturated heterocycles. The number of nitrogen functional groups attached to an aromatic ring is 1. The van der Waals surface area contributed by atoms with Crippen molar-refractivity contribution in [3.63, 3.8) is 0 Å². The van der Waals surface area contributed by atoms with Crippen LogP contribution in [0.15, 0.2) is 12.3 Å². The number of aryl methyl sites for hydroxylation is 1. The normalized spacial score (nSPS) is 14.7. The summed E-state index contributed by atoms with van der Waals surface area (Å²) in [6.45, 7) is 0.415. The number of carbonyl (C=O) groups excluding carboxylic acids is 1. The highest BCUT2D eigenvalue weighted by Gasteiger charge is 2.21. The van der Waals surface area contributed by atoms with Crippen LogP contribution in [0.5, 0.6) is 0 Å². The monoisotopic (exact) mass is 306 g/mol. The SMILES string of the molecule is Cn1nccc1CNC(=O)c1sc(NC2CCC2)nc1N. The van der Waals surface area contributed by atoms with E-state index < -0.39 is 0 Å². The van der Waals surface area contributed by atoms with Crippen molar-refractivity contribution < 1.29 is 4.79 Å². The van der Waals surface area contributed by atoms with Crippen LogP contribution in [0.3, 0.4) is 0 Å². The zero-order chi connectivity index (χ0) is 14.8. The first-order chi connectivity index (χ1) is 10.1. The van der Waals surface area contributed by atoms with Gasteiger partial charge >= 0.3 is 0 Å². The molecule has 0 atom stereocenters. The molecule has 2 aromatic rings. The van der Waals surface area contributed by atoms with Crippen LogP contribution in [0.1, 0.15) is 34.6 Å². The lowest BCUT2D eigenvalue weighted by Gasteiger charge is -2.25. The topological polar surface area (TPSA) is 97.9 Å². The predicted molar refractivity (Wildman–Crippen MR) is 82.2 cm³/mol. The van der Waals surface area contributed by atoms with Gasteiger partial charge < -0.3 is 16.4 Å². The first-order valence-electron chi connectivity index (χ1n) is 6.91. The number of carbonyl (C=O) groups is 1. The summed E-state index contributed by atoms with van der Waals surface area (Å²) in [4.78, 5) is 16.9. The molecule has 1 aliphatic carbocycles. The Bertz CT molecular complexity index is 645. The highest BCUT2D eigenvalue weighted by atomic mass is 32.1. The molecule has 2 heterocycles. The van der Waals surface area contributed by atoms with Gasteiger partial charge in [0.25, 0.3) is 5.91 Å². The molecule has 0 bridgehead atoms. The Morgan fingerprint density at radius 3 is 3.00 bits per heavy atom. The average Bonchev–Trinajstić information content (AvgIpc) is 2.97. The molecule has 0 aliphatic heterocycles. The lowest BCUT2D eigenvalue weighted by Crippen LogP contribution is -2.26. The number of thiazole rings is 1. The third-order valence-electron chi connectivity index (χ3n) is 3.64. The van der Waals surface area contributed by atoms with Crippen LogP contribution in [-0.4, -0.2) is 26.7 Å². The molecule has 112 valence electrons. The van der Waals surface area contributed by atoms with E-state index in [-0.39, 0.29) is 11.7 Å². The Balaban J connectivity index is 1.62. The van der Waals surface area contributed by atoms with Gasteiger partial charge in [0.1, 0.15) is 10.7 Å². The van der Waals surface area contributed by atoms with Crippen LogP contribution < -0.4 is 16.4 Å². The number of hydrogen-bond donors (Lipinski definition) is 3. The van der Waals surface area contributed by atoms with Crippen molar-refractivity contribution in [2.24, 2.45) is 7.05 Å². The quantitative estimate of drug-likeness (QED) is 0.774. The van der Waals surface area contributed by atoms with Gasteiger partial charge in [0.2, 0.25) is 0 Å². The molecule has 2 aromatic heterocycles. The molecule has 3 rings (SSSR count). The van der Waals surface area contributed by atoms with Crippen molar-refractivity contribution in [2.45, 2.75) is 31.8 Å². The fourth-order valence-corrected chi connectivity index (χ4v) is 2.99. The van der Waals surface area contributed by atoms with E-state index in [9.17, 15) is 4.79 Å². The van der Waals surface area contributed by atoms with Gasteiger partial charge in [-0.25, -0.2) is 4.98 Å². The fourth-order valence-electron chi connectivity index (χ4n) is 2.11. The number of hydrogen-bond acceptors (Lipinski definition) is 6. The van der Waals surface area contributed by atoms with Crippen molar-refractivity contribution in [1.29, 1.82) is 0 Å². The van der Waals surface area contributed by atoms with Gasteiger partial charge in [-0.05, 0) is 25.3 Å². The van der Waals surface area contributed by atoms with E-state index in [0.29, 0.717) is 17.5 Å². The van der Waals surface area contributed by atoms with E-state index in [1.807, 2.05) is 13.1 Å². The second kappa shape index (κ2) is 5.72. The summed E-state index contributed by atoms with van der Waals surface area (Å²) in [5, 5.41) is 10.9. The number of amides is 1. The van der Waals surface area contributed by atoms with Crippen LogP contribution in [0.25, 0.3) is 0 Å². The summed E-state index contributed by atoms with van der Waals surface area (Å²) in [5.41, 5.74) is 6.77. The van der Waals surface area contributed by atoms with E-state index in [1.165, 1.54) is 17.8 Å². The summed E-state index contributed by atoms with van der Waals surface area (Å²) >= 11 is 1.30. The lowest BCUT2D eigenvalue weighted by atomic mass is 9.93. The molecule has 0 radical (unpaired) electrons. The van der Waals surface area contributed by atoms with E-state index in [1.54, 1.807) is 10.9 Å². The van der Waals surface area contributed by atoms with Crippen LogP contribution >= 0.6 is 11.3 Å². The molecule has 7 nitrogen and oxygen atoms in total. The molecule has 0 unspecified atom stereocenters. The smallest absolute Gasteiger partial charge is 0.265 e. The van der Waals surface area contributed by atoms with Gasteiger partial charge in [0.05, 0.1) is 12.2 Å². The minimum Gasteiger partial charge on any atom is -0.382 e. The molecule has 0 spiro atoms. The molecule has 1 amide bonds. The Labute approximate surface area is 126 Å². The van der Waals surface area contributed by atoms with E-state index in [0.717, 1.165) is 23.7 Å². The van der Waals surface area contributed by atoms with Gasteiger partial charge in [0, 0.05) is 19.3 Å². The number of nitrogens with one attached hydrogen (secondary N) is 2. The maximum atomic E-state index is 12.2. The summed E-state index contributed by atoms with van der Waals surface area (Å²) in [5.74, 6) is 0.0807. The van der Waals surface area contributed by atoms with Crippen LogP contribution in [0, 0.1) is 0 Å². The molecular weight excluding hydrogens is 288 g/mol. The highest BCUT2D eigenvalue weighted by molar-refractivity contribution is 7.18. The number of nitrogens with two attached hydrogens (primary N) is 1. The Hall–Kier alpha value is -2.09. The fraction of sp³-hybridized carbons (Fsp3) is 0.462. The maximum Gasteiger partial charge on any atom is 0.265 e. The van der Waals surface area contributed by atoms with Crippen LogP contribution in [0.2, 0.25) is 0 Å². The second-order valence-corrected chi connectivity index (χ2v) is 6.13. The van der Waals surface area contributed by atoms with E-state index in [4.69, 9.17) is 5.73 Å². The molecule has 1 fully saturated rings. The number of aromatic nitrogens is 3. The van der Waals surface area contributed by atoms with Gasteiger partial charge in [-0.15, -0.1) is 0 Å². The average molecular weight is 306 g/mol. The van der Waals surface area contributed by atoms with Gasteiger partial charge in [0.15, 0.2) is 5.13 Å². The third-order valence-corrected chi connectivity index (χ3v) is 4.65. The van der Waals surface area contributed by atoms with Crippen LogP contribution in [0.4, 0.5) is 10.9 Å². The Morgan fingerprint density at radius 1 is 1.57 bits per heavy atom. The summed E-state index contributed by atoms with van der Waals surface area (Å²) in [6, 6.07) is 2.33. The van der Waals surface area contributed by atoms with Crippen molar-refractivity contribution >= 4 is 28.2 Å². The maximum absolute atomic E-state index is 12.2. The lowest BCUT2D eigenvalue weighted by molar-refractivity contribution is 0.0955. The molecule has 1 aliphatic rings. The van der Waals surface area contributed by atoms with Crippen molar-refractivity contribution in [1.82, 2.24) is 20.1 Å². The van der Waals surface area contributed by atoms with Crippen molar-refractivity contribution in [3.8, 4) is 0 Å². The molecule has 8 heteroatoms. The first-order valence-corrected chi connectivity index (χ1v) is 7.73. The standard InChI is InChI=1S/C13H18N6OS/c1-19-9(5-6-16-19)7-15-12(20)10-11(14)18-13(21-10)17-8-3-2-4-8/h5-6,8H,2-4,7,14H2,1H3,(H,15,20)(H,17,18). The zero-order valence-electron chi connectivity index (χ0n) is 11.8. The van der Waals surface area contributed by atoms with Crippen molar-refractivity contribution in [3.05, 3.63) is 22.8 Å². The summed E-state index contributed by atoms with van der Waals surface area (Å²) < 4.78 is 1.72. The largest absolute Gasteiger partial charge is 0.382 e. The number of nitrogens with zero attached hydrogens (tertiary/aromatic N) is 3. The number of anilines is 2. The first kappa shape index (κ1) is 13.9. The van der Waals surface area contributed by atoms with E-state index in [2.05, 4.69) is 20.7 Å². The van der Waals surface area contributed by atoms with Gasteiger partial charge in [-0.3, -0.25) is 9.48 Å². The van der Waals surface area contributed by atoms with Crippen LogP contribution in [-0.2, 0) is 13.6 Å². The molecule has 4 N–H and O–H groups in total. The molecule has 1 saturated carbocycles. The van der Waals surface area contributed by atoms with E-state index >= 15 is 0 Å². The minimum atomic E-state index is -0.201. The molecular formula is C13H18N6OS. The summed E-state index contributed by atoms with van der Waals surface area (Å²) in [7, 11) is 1.84. The zero-order valence-corrected chi connectivity index (χ0v) is 12.6. The number of rotatable bonds is 5. The Morgan fingerprint density at radius 2 is 2.38 bits per heavy atom. The Kier molecular flexibility index (Phi) is 3.78. The predicted octanol–water partition coefficient (Wildman–Crippen LogP) is 1.35.